The van der Waals surface area contributed by atoms with Crippen LogP contribution in [0.2, 0.25) is 0 Å². The predicted octanol–water partition coefficient (Wildman–Crippen LogP) is 2.14. The van der Waals surface area contributed by atoms with E-state index in [1.807, 2.05) is 30.5 Å². The average Bonchev–Trinajstić information content (AvgIpc) is 3.00. The van der Waals surface area contributed by atoms with Crippen molar-refractivity contribution in [1.29, 1.82) is 0 Å². The quantitative estimate of drug-likeness (QED) is 0.892. The number of methoxy groups -OCH3 is 1. The number of carbonyl (C=O) groups excluding carboxylic acids is 1. The van der Waals surface area contributed by atoms with Gasteiger partial charge in [-0.3, -0.25) is 4.79 Å². The van der Waals surface area contributed by atoms with E-state index in [4.69, 9.17) is 9.47 Å². The molecule has 0 spiro atoms. The van der Waals surface area contributed by atoms with Crippen molar-refractivity contribution < 1.29 is 14.3 Å². The third-order valence-electron chi connectivity index (χ3n) is 3.64. The number of hydrogen-bond donors (Lipinski definition) is 1. The number of rotatable bonds is 5. The fourth-order valence-electron chi connectivity index (χ4n) is 2.49. The number of ether oxygens (including phenoxy) is 2. The Hall–Kier alpha value is -2.03. The third-order valence-corrected chi connectivity index (χ3v) is 4.52. The van der Waals surface area contributed by atoms with Crippen LogP contribution in [-0.2, 0) is 14.3 Å². The number of carbonyl (C=O) groups is 1. The van der Waals surface area contributed by atoms with Crippen LogP contribution in [0.5, 0.6) is 0 Å². The molecule has 24 heavy (non-hydrogen) atoms. The Balaban J connectivity index is 1.70. The number of amides is 1. The summed E-state index contributed by atoms with van der Waals surface area (Å²) in [5, 5.41) is 5.98. The molecule has 1 aliphatic heterocycles. The maximum Gasteiger partial charge on any atom is 0.248 e. The summed E-state index contributed by atoms with van der Waals surface area (Å²) in [5.41, 5.74) is 1.77. The number of anilines is 2. The van der Waals surface area contributed by atoms with Crippen LogP contribution < -0.4 is 5.32 Å². The zero-order valence-corrected chi connectivity index (χ0v) is 14.5. The molecule has 0 bridgehead atoms. The summed E-state index contributed by atoms with van der Waals surface area (Å²) in [7, 11) is 1.52. The number of pyridine rings is 1. The lowest BCUT2D eigenvalue weighted by molar-refractivity contribution is -0.143. The molecule has 1 fully saturated rings. The highest BCUT2D eigenvalue weighted by atomic mass is 32.1. The SMILES string of the molecule is COCC(=O)N1CCOC(c2cccc(Nc3nc(C)cs3)n2)C1. The predicted molar refractivity (Wildman–Crippen MR) is 91.5 cm³/mol. The monoisotopic (exact) mass is 348 g/mol. The van der Waals surface area contributed by atoms with Gasteiger partial charge in [-0.2, -0.15) is 0 Å². The van der Waals surface area contributed by atoms with E-state index in [0.717, 1.165) is 16.5 Å². The van der Waals surface area contributed by atoms with E-state index in [1.54, 1.807) is 4.90 Å². The number of morpholine rings is 1. The van der Waals surface area contributed by atoms with Crippen LogP contribution in [0.25, 0.3) is 0 Å². The maximum atomic E-state index is 12.0. The molecule has 1 N–H and O–H groups in total. The first-order chi connectivity index (χ1) is 11.7. The van der Waals surface area contributed by atoms with Gasteiger partial charge in [-0.1, -0.05) is 6.07 Å². The zero-order chi connectivity index (χ0) is 16.9. The van der Waals surface area contributed by atoms with Crippen molar-refractivity contribution in [2.45, 2.75) is 13.0 Å². The molecule has 0 saturated carbocycles. The average molecular weight is 348 g/mol. The Morgan fingerprint density at radius 1 is 1.50 bits per heavy atom. The van der Waals surface area contributed by atoms with Crippen LogP contribution in [-0.4, -0.2) is 54.2 Å². The molecule has 0 aromatic carbocycles. The largest absolute Gasteiger partial charge is 0.375 e. The highest BCUT2D eigenvalue weighted by molar-refractivity contribution is 7.13. The van der Waals surface area contributed by atoms with E-state index in [1.165, 1.54) is 18.4 Å². The summed E-state index contributed by atoms with van der Waals surface area (Å²) in [6.07, 6.45) is -0.237. The number of aromatic nitrogens is 2. The van der Waals surface area contributed by atoms with Gasteiger partial charge in [0.2, 0.25) is 5.91 Å². The van der Waals surface area contributed by atoms with Gasteiger partial charge in [0.1, 0.15) is 18.5 Å². The van der Waals surface area contributed by atoms with Crippen molar-refractivity contribution in [1.82, 2.24) is 14.9 Å². The number of nitrogens with one attached hydrogen (secondary N) is 1. The Bertz CT molecular complexity index is 706. The van der Waals surface area contributed by atoms with Gasteiger partial charge in [-0.05, 0) is 19.1 Å². The first-order valence-corrected chi connectivity index (χ1v) is 8.58. The van der Waals surface area contributed by atoms with Gasteiger partial charge in [-0.25, -0.2) is 9.97 Å². The molecule has 128 valence electrons. The molecule has 3 rings (SSSR count). The van der Waals surface area contributed by atoms with Crippen LogP contribution in [0.4, 0.5) is 10.9 Å². The van der Waals surface area contributed by atoms with Gasteiger partial charge in [0.05, 0.1) is 24.5 Å². The van der Waals surface area contributed by atoms with Gasteiger partial charge < -0.3 is 19.7 Å². The molecular formula is C16H20N4O3S. The first-order valence-electron chi connectivity index (χ1n) is 7.70. The van der Waals surface area contributed by atoms with Crippen molar-refractivity contribution in [3.63, 3.8) is 0 Å². The second-order valence-electron chi connectivity index (χ2n) is 5.50. The highest BCUT2D eigenvalue weighted by Gasteiger charge is 2.26. The molecule has 0 aliphatic carbocycles. The number of nitrogens with zero attached hydrogens (tertiary/aromatic N) is 3. The molecule has 1 atom stereocenters. The lowest BCUT2D eigenvalue weighted by Gasteiger charge is -2.32. The van der Waals surface area contributed by atoms with Crippen molar-refractivity contribution in [3.8, 4) is 0 Å². The van der Waals surface area contributed by atoms with Crippen molar-refractivity contribution in [2.24, 2.45) is 0 Å². The minimum atomic E-state index is -0.237. The Kier molecular flexibility index (Phi) is 5.39. The van der Waals surface area contributed by atoms with E-state index in [9.17, 15) is 4.79 Å². The number of aryl methyl sites for hydroxylation is 1. The van der Waals surface area contributed by atoms with Crippen LogP contribution in [0, 0.1) is 6.92 Å². The molecule has 1 saturated heterocycles. The smallest absolute Gasteiger partial charge is 0.248 e. The Labute approximate surface area is 144 Å². The summed E-state index contributed by atoms with van der Waals surface area (Å²) in [5.74, 6) is 0.684. The van der Waals surface area contributed by atoms with E-state index < -0.39 is 0 Å². The van der Waals surface area contributed by atoms with E-state index in [2.05, 4.69) is 15.3 Å². The van der Waals surface area contributed by atoms with E-state index in [-0.39, 0.29) is 18.6 Å². The fraction of sp³-hybridized carbons (Fsp3) is 0.438. The molecule has 8 heteroatoms. The fourth-order valence-corrected chi connectivity index (χ4v) is 3.19. The normalized spacial score (nSPS) is 17.8. The first kappa shape index (κ1) is 16.8. The second kappa shape index (κ2) is 7.69. The molecule has 2 aromatic heterocycles. The zero-order valence-electron chi connectivity index (χ0n) is 13.7. The summed E-state index contributed by atoms with van der Waals surface area (Å²) in [4.78, 5) is 22.7. The standard InChI is InChI=1S/C16H20N4O3S/c1-11-10-24-16(17-11)19-14-5-3-4-12(18-14)13-8-20(6-7-23-13)15(21)9-22-2/h3-5,10,13H,6-9H2,1-2H3,(H,17,18,19). The van der Waals surface area contributed by atoms with Crippen LogP contribution in [0.15, 0.2) is 23.6 Å². The molecule has 1 aliphatic rings. The maximum absolute atomic E-state index is 12.0. The van der Waals surface area contributed by atoms with Crippen molar-refractivity contribution in [2.75, 3.05) is 38.7 Å². The second-order valence-corrected chi connectivity index (χ2v) is 6.36. The Morgan fingerprint density at radius 2 is 2.38 bits per heavy atom. The molecular weight excluding hydrogens is 328 g/mol. The Morgan fingerprint density at radius 3 is 3.12 bits per heavy atom. The van der Waals surface area contributed by atoms with Crippen molar-refractivity contribution in [3.05, 3.63) is 35.0 Å². The van der Waals surface area contributed by atoms with E-state index >= 15 is 0 Å². The molecule has 3 heterocycles. The van der Waals surface area contributed by atoms with Gasteiger partial charge in [0.25, 0.3) is 0 Å². The van der Waals surface area contributed by atoms with Gasteiger partial charge in [0, 0.05) is 19.0 Å². The van der Waals surface area contributed by atoms with Crippen LogP contribution in [0.1, 0.15) is 17.5 Å². The lowest BCUT2D eigenvalue weighted by atomic mass is 10.2. The van der Waals surface area contributed by atoms with Crippen molar-refractivity contribution >= 4 is 28.2 Å². The highest BCUT2D eigenvalue weighted by Crippen LogP contribution is 2.24. The number of thiazole rings is 1. The van der Waals surface area contributed by atoms with Gasteiger partial charge >= 0.3 is 0 Å². The molecule has 7 nitrogen and oxygen atoms in total. The van der Waals surface area contributed by atoms with Crippen LogP contribution in [0.3, 0.4) is 0 Å². The molecule has 0 radical (unpaired) electrons. The summed E-state index contributed by atoms with van der Waals surface area (Å²) in [6.45, 7) is 3.59. The minimum absolute atomic E-state index is 0.0293. The van der Waals surface area contributed by atoms with Gasteiger partial charge in [-0.15, -0.1) is 11.3 Å². The molecule has 1 amide bonds. The summed E-state index contributed by atoms with van der Waals surface area (Å²) >= 11 is 1.54. The third kappa shape index (κ3) is 4.08. The topological polar surface area (TPSA) is 76.6 Å². The van der Waals surface area contributed by atoms with E-state index in [0.29, 0.717) is 25.5 Å². The molecule has 2 aromatic rings. The minimum Gasteiger partial charge on any atom is -0.375 e. The van der Waals surface area contributed by atoms with Gasteiger partial charge in [0.15, 0.2) is 5.13 Å². The molecule has 1 unspecified atom stereocenters. The summed E-state index contributed by atoms with van der Waals surface area (Å²) < 4.78 is 10.7. The number of hydrogen-bond acceptors (Lipinski definition) is 7. The lowest BCUT2D eigenvalue weighted by Crippen LogP contribution is -2.43. The van der Waals surface area contributed by atoms with Crippen LogP contribution >= 0.6 is 11.3 Å². The summed E-state index contributed by atoms with van der Waals surface area (Å²) in [6, 6.07) is 5.72.